The minimum absolute atomic E-state index is 1.23. The smallest absolute Gasteiger partial charge is 0.0287 e. The lowest BCUT2D eigenvalue weighted by Gasteiger charge is -1.96. The van der Waals surface area contributed by atoms with E-state index in [1.807, 2.05) is 0 Å². The molecule has 0 bridgehead atoms. The van der Waals surface area contributed by atoms with Crippen molar-refractivity contribution in [2.45, 2.75) is 51.9 Å². The molecule has 0 aliphatic carbocycles. The summed E-state index contributed by atoms with van der Waals surface area (Å²) in [7, 11) is 1.23. The van der Waals surface area contributed by atoms with Crippen LogP contribution >= 0.6 is 0 Å². The second kappa shape index (κ2) is 9.96. The molecule has 0 aromatic rings. The monoisotopic (exact) mass is 170 g/mol. The SMILES string of the molecule is CCCCCCCCC=C[SiH3]. The zero-order valence-corrected chi connectivity index (χ0v) is 10.1. The van der Waals surface area contributed by atoms with Gasteiger partial charge in [0.05, 0.1) is 0 Å². The average molecular weight is 170 g/mol. The maximum atomic E-state index is 2.33. The molecule has 0 aromatic heterocycles. The molecule has 0 unspecified atom stereocenters. The van der Waals surface area contributed by atoms with Gasteiger partial charge in [-0.15, -0.1) is 5.70 Å². The van der Waals surface area contributed by atoms with E-state index in [4.69, 9.17) is 0 Å². The first-order valence-electron chi connectivity index (χ1n) is 5.03. The minimum Gasteiger partial charge on any atom is -0.109 e. The van der Waals surface area contributed by atoms with Gasteiger partial charge in [0.15, 0.2) is 0 Å². The van der Waals surface area contributed by atoms with Gasteiger partial charge in [0, 0.05) is 10.2 Å². The van der Waals surface area contributed by atoms with E-state index < -0.39 is 0 Å². The second-order valence-electron chi connectivity index (χ2n) is 3.13. The van der Waals surface area contributed by atoms with Crippen molar-refractivity contribution in [3.8, 4) is 0 Å². The number of rotatable bonds is 7. The molecule has 0 spiro atoms. The molecular weight excluding hydrogens is 148 g/mol. The van der Waals surface area contributed by atoms with E-state index in [2.05, 4.69) is 18.7 Å². The van der Waals surface area contributed by atoms with Crippen molar-refractivity contribution in [2.24, 2.45) is 0 Å². The molecule has 11 heavy (non-hydrogen) atoms. The number of allylic oxidation sites excluding steroid dienone is 1. The van der Waals surface area contributed by atoms with Crippen molar-refractivity contribution in [1.82, 2.24) is 0 Å². The molecule has 1 heteroatoms. The Kier molecular flexibility index (Phi) is 9.92. The van der Waals surface area contributed by atoms with Gasteiger partial charge in [0.25, 0.3) is 0 Å². The quantitative estimate of drug-likeness (QED) is 0.407. The predicted octanol–water partition coefficient (Wildman–Crippen LogP) is 2.62. The summed E-state index contributed by atoms with van der Waals surface area (Å²) in [4.78, 5) is 0. The largest absolute Gasteiger partial charge is 0.109 e. The van der Waals surface area contributed by atoms with Crippen LogP contribution in [0, 0.1) is 0 Å². The summed E-state index contributed by atoms with van der Waals surface area (Å²) < 4.78 is 0. The first kappa shape index (κ1) is 11.0. The van der Waals surface area contributed by atoms with Crippen LogP contribution in [0.1, 0.15) is 51.9 Å². The normalized spacial score (nSPS) is 11.4. The molecule has 0 N–H and O–H groups in total. The summed E-state index contributed by atoms with van der Waals surface area (Å²) >= 11 is 0. The Labute approximate surface area is 74.5 Å². The van der Waals surface area contributed by atoms with Crippen LogP contribution in [0.5, 0.6) is 0 Å². The Morgan fingerprint density at radius 3 is 2.27 bits per heavy atom. The highest BCUT2D eigenvalue weighted by Crippen LogP contribution is 2.06. The number of hydrogen-bond acceptors (Lipinski definition) is 0. The van der Waals surface area contributed by atoms with Gasteiger partial charge in [-0.3, -0.25) is 0 Å². The molecule has 0 nitrogen and oxygen atoms in total. The van der Waals surface area contributed by atoms with Crippen LogP contribution in [0.2, 0.25) is 0 Å². The molecule has 0 heterocycles. The fraction of sp³-hybridized carbons (Fsp3) is 0.800. The fourth-order valence-electron chi connectivity index (χ4n) is 1.21. The van der Waals surface area contributed by atoms with Crippen LogP contribution < -0.4 is 0 Å². The van der Waals surface area contributed by atoms with Crippen molar-refractivity contribution in [1.29, 1.82) is 0 Å². The third kappa shape index (κ3) is 9.96. The zero-order chi connectivity index (χ0) is 8.36. The van der Waals surface area contributed by atoms with Crippen molar-refractivity contribution >= 4 is 10.2 Å². The summed E-state index contributed by atoms with van der Waals surface area (Å²) in [6.45, 7) is 2.27. The van der Waals surface area contributed by atoms with Crippen molar-refractivity contribution in [2.75, 3.05) is 0 Å². The van der Waals surface area contributed by atoms with E-state index in [1.165, 1.54) is 55.2 Å². The van der Waals surface area contributed by atoms with Gasteiger partial charge in [-0.2, -0.15) is 0 Å². The van der Waals surface area contributed by atoms with Gasteiger partial charge in [-0.05, 0) is 12.8 Å². The molecule has 0 radical (unpaired) electrons. The van der Waals surface area contributed by atoms with Crippen LogP contribution in [-0.2, 0) is 0 Å². The van der Waals surface area contributed by atoms with Crippen molar-refractivity contribution < 1.29 is 0 Å². The Morgan fingerprint density at radius 1 is 1.00 bits per heavy atom. The molecule has 0 rings (SSSR count). The number of unbranched alkanes of at least 4 members (excludes halogenated alkanes) is 6. The highest BCUT2D eigenvalue weighted by atomic mass is 28.1. The summed E-state index contributed by atoms with van der Waals surface area (Å²) in [5.74, 6) is 0. The fourth-order valence-corrected chi connectivity index (χ4v) is 1.54. The lowest BCUT2D eigenvalue weighted by molar-refractivity contribution is 0.611. The third-order valence-corrected chi connectivity index (χ3v) is 2.43. The molecule has 0 atom stereocenters. The number of hydrogen-bond donors (Lipinski definition) is 0. The highest BCUT2D eigenvalue weighted by Gasteiger charge is 1.86. The van der Waals surface area contributed by atoms with E-state index in [-0.39, 0.29) is 0 Å². The molecular formula is C10H22Si. The highest BCUT2D eigenvalue weighted by molar-refractivity contribution is 6.16. The second-order valence-corrected chi connectivity index (χ2v) is 3.79. The van der Waals surface area contributed by atoms with Gasteiger partial charge in [0.2, 0.25) is 0 Å². The van der Waals surface area contributed by atoms with Crippen LogP contribution in [0.25, 0.3) is 0 Å². The molecule has 0 aromatic carbocycles. The summed E-state index contributed by atoms with van der Waals surface area (Å²) in [5, 5.41) is 0. The summed E-state index contributed by atoms with van der Waals surface area (Å²) in [6.07, 6.45) is 12.2. The van der Waals surface area contributed by atoms with Gasteiger partial charge >= 0.3 is 0 Å². The lowest BCUT2D eigenvalue weighted by atomic mass is 10.1. The maximum absolute atomic E-state index is 2.33. The maximum Gasteiger partial charge on any atom is 0.0287 e. The summed E-state index contributed by atoms with van der Waals surface area (Å²) in [6, 6.07) is 0. The van der Waals surface area contributed by atoms with Gasteiger partial charge in [-0.1, -0.05) is 45.1 Å². The van der Waals surface area contributed by atoms with Crippen LogP contribution in [0.3, 0.4) is 0 Å². The zero-order valence-electron chi connectivity index (χ0n) is 8.10. The van der Waals surface area contributed by atoms with E-state index in [0.29, 0.717) is 0 Å². The third-order valence-electron chi connectivity index (χ3n) is 1.96. The Balaban J connectivity index is 2.79. The van der Waals surface area contributed by atoms with Crippen LogP contribution in [-0.4, -0.2) is 10.2 Å². The van der Waals surface area contributed by atoms with E-state index >= 15 is 0 Å². The first-order chi connectivity index (χ1) is 5.41. The molecule has 0 fully saturated rings. The molecule has 0 amide bonds. The molecule has 66 valence electrons. The minimum atomic E-state index is 1.23. The Morgan fingerprint density at radius 2 is 1.64 bits per heavy atom. The van der Waals surface area contributed by atoms with E-state index in [1.54, 1.807) is 0 Å². The first-order valence-corrected chi connectivity index (χ1v) is 6.18. The van der Waals surface area contributed by atoms with Crippen LogP contribution in [0.4, 0.5) is 0 Å². The molecule has 0 saturated heterocycles. The predicted molar refractivity (Wildman–Crippen MR) is 57.1 cm³/mol. The van der Waals surface area contributed by atoms with Gasteiger partial charge in [-0.25, -0.2) is 0 Å². The van der Waals surface area contributed by atoms with Gasteiger partial charge < -0.3 is 0 Å². The van der Waals surface area contributed by atoms with E-state index in [0.717, 1.165) is 0 Å². The molecule has 0 aliphatic rings. The van der Waals surface area contributed by atoms with Crippen LogP contribution in [0.15, 0.2) is 11.8 Å². The Bertz CT molecular complexity index is 86.9. The average Bonchev–Trinajstić information content (AvgIpc) is 2.03. The van der Waals surface area contributed by atoms with Crippen molar-refractivity contribution in [3.05, 3.63) is 11.8 Å². The lowest BCUT2D eigenvalue weighted by Crippen LogP contribution is -1.77. The van der Waals surface area contributed by atoms with Crippen molar-refractivity contribution in [3.63, 3.8) is 0 Å². The Hall–Kier alpha value is -0.0431. The van der Waals surface area contributed by atoms with E-state index in [9.17, 15) is 0 Å². The molecule has 0 saturated carbocycles. The van der Waals surface area contributed by atoms with Gasteiger partial charge in [0.1, 0.15) is 0 Å². The molecule has 0 aliphatic heterocycles. The summed E-state index contributed by atoms with van der Waals surface area (Å²) in [5.41, 5.74) is 2.28. The standard InChI is InChI=1S/C10H22Si/c1-2-3-4-5-6-7-8-9-10-11/h9-10H,2-8H2,1,11H3. The topological polar surface area (TPSA) is 0 Å².